The van der Waals surface area contributed by atoms with Crippen LogP contribution in [-0.2, 0) is 0 Å². The highest BCUT2D eigenvalue weighted by Crippen LogP contribution is 2.38. The molecule has 1 N–H and O–H groups in total. The Kier molecular flexibility index (Phi) is 10.8. The fraction of sp³-hybridized carbons (Fsp3) is 0.571. The minimum absolute atomic E-state index is 0.584. The van der Waals surface area contributed by atoms with Gasteiger partial charge in [-0.1, -0.05) is 68.7 Å². The molecule has 2 rings (SSSR count). The monoisotopic (exact) mass is 408 g/mol. The first-order valence-electron chi connectivity index (χ1n) is 12.1. The molecule has 2 nitrogen and oxygen atoms in total. The van der Waals surface area contributed by atoms with E-state index in [0.29, 0.717) is 5.92 Å². The molecule has 1 atom stereocenters. The summed E-state index contributed by atoms with van der Waals surface area (Å²) in [5.41, 5.74) is 5.98. The van der Waals surface area contributed by atoms with E-state index in [-0.39, 0.29) is 0 Å². The third kappa shape index (κ3) is 8.42. The van der Waals surface area contributed by atoms with Crippen LogP contribution in [0, 0.1) is 11.8 Å². The zero-order valence-corrected chi connectivity index (χ0v) is 20.1. The summed E-state index contributed by atoms with van der Waals surface area (Å²) in [4.78, 5) is 2.35. The van der Waals surface area contributed by atoms with Gasteiger partial charge in [0.05, 0.1) is 0 Å². The summed E-state index contributed by atoms with van der Waals surface area (Å²) in [6.07, 6.45) is 28.2. The van der Waals surface area contributed by atoms with Crippen LogP contribution in [0.2, 0.25) is 0 Å². The highest BCUT2D eigenvalue weighted by atomic mass is 15.1. The van der Waals surface area contributed by atoms with E-state index in [0.717, 1.165) is 31.7 Å². The molecule has 0 aromatic rings. The molecule has 2 aliphatic rings. The lowest BCUT2D eigenvalue weighted by Crippen LogP contribution is -2.22. The normalized spacial score (nSPS) is 19.1. The van der Waals surface area contributed by atoms with Crippen molar-refractivity contribution < 1.29 is 0 Å². The Morgan fingerprint density at radius 3 is 2.60 bits per heavy atom. The Labute approximate surface area is 186 Å². The maximum Gasteiger partial charge on any atom is 0.0358 e. The summed E-state index contributed by atoms with van der Waals surface area (Å²) < 4.78 is 0. The van der Waals surface area contributed by atoms with E-state index in [9.17, 15) is 0 Å². The average molecular weight is 409 g/mol. The molecular weight excluding hydrogens is 364 g/mol. The van der Waals surface area contributed by atoms with E-state index in [4.69, 9.17) is 0 Å². The van der Waals surface area contributed by atoms with Crippen molar-refractivity contribution >= 4 is 0 Å². The smallest absolute Gasteiger partial charge is 0.0358 e. The molecule has 1 heterocycles. The van der Waals surface area contributed by atoms with Crippen molar-refractivity contribution in [3.8, 4) is 0 Å². The van der Waals surface area contributed by atoms with Gasteiger partial charge in [-0.2, -0.15) is 0 Å². The standard InChI is InChI=1S/C28H44N2/c1-6-9-14-27(21-24-13-10-19-29-22-24)28(30(4)5)18-15-23(11-7-2)20-26(12-8-3)25-16-17-25/h7,10-13,18-20,25,27,29H,6,8-9,14-17,21-22H2,1-5H3/b11-7-,23-20+,26-12-,28-18-. The van der Waals surface area contributed by atoms with E-state index in [1.54, 1.807) is 5.57 Å². The minimum atomic E-state index is 0.584. The van der Waals surface area contributed by atoms with Crippen molar-refractivity contribution in [2.45, 2.75) is 72.1 Å². The number of dihydropyridines is 1. The summed E-state index contributed by atoms with van der Waals surface area (Å²) in [5, 5.41) is 3.38. The molecule has 0 saturated heterocycles. The molecule has 0 spiro atoms. The van der Waals surface area contributed by atoms with E-state index >= 15 is 0 Å². The van der Waals surface area contributed by atoms with Gasteiger partial charge in [0.2, 0.25) is 0 Å². The number of allylic oxidation sites excluding steroid dienone is 10. The third-order valence-electron chi connectivity index (χ3n) is 5.99. The number of hydrogen-bond donors (Lipinski definition) is 1. The summed E-state index contributed by atoms with van der Waals surface area (Å²) in [5.74, 6) is 1.39. The van der Waals surface area contributed by atoms with Crippen LogP contribution in [-0.4, -0.2) is 25.5 Å². The van der Waals surface area contributed by atoms with Crippen molar-refractivity contribution in [2.24, 2.45) is 11.8 Å². The molecule has 0 amide bonds. The molecule has 0 radical (unpaired) electrons. The van der Waals surface area contributed by atoms with Crippen LogP contribution in [0.3, 0.4) is 0 Å². The van der Waals surface area contributed by atoms with Crippen molar-refractivity contribution in [1.82, 2.24) is 10.2 Å². The van der Waals surface area contributed by atoms with E-state index in [2.05, 4.69) is 87.6 Å². The second kappa shape index (κ2) is 13.4. The van der Waals surface area contributed by atoms with Crippen molar-refractivity contribution in [3.05, 3.63) is 71.1 Å². The molecule has 1 aliphatic carbocycles. The molecule has 0 aromatic carbocycles. The number of rotatable bonds is 13. The Morgan fingerprint density at radius 2 is 2.03 bits per heavy atom. The lowest BCUT2D eigenvalue weighted by atomic mass is 9.88. The summed E-state index contributed by atoms with van der Waals surface area (Å²) >= 11 is 0. The average Bonchev–Trinajstić information content (AvgIpc) is 3.57. The van der Waals surface area contributed by atoms with Crippen LogP contribution in [0.5, 0.6) is 0 Å². The minimum Gasteiger partial charge on any atom is -0.387 e. The Bertz CT molecular complexity index is 696. The highest BCUT2D eigenvalue weighted by Gasteiger charge is 2.24. The quantitative estimate of drug-likeness (QED) is 0.321. The number of nitrogens with zero attached hydrogens (tertiary/aromatic N) is 1. The van der Waals surface area contributed by atoms with Crippen LogP contribution in [0.25, 0.3) is 0 Å². The second-order valence-electron chi connectivity index (χ2n) is 8.94. The fourth-order valence-corrected chi connectivity index (χ4v) is 4.30. The Balaban J connectivity index is 2.23. The molecule has 30 heavy (non-hydrogen) atoms. The lowest BCUT2D eigenvalue weighted by Gasteiger charge is -2.28. The van der Waals surface area contributed by atoms with E-state index in [1.807, 2.05) is 6.20 Å². The fourth-order valence-electron chi connectivity index (χ4n) is 4.30. The molecule has 1 aliphatic heterocycles. The van der Waals surface area contributed by atoms with Gasteiger partial charge in [-0.25, -0.2) is 0 Å². The van der Waals surface area contributed by atoms with Crippen molar-refractivity contribution in [3.63, 3.8) is 0 Å². The van der Waals surface area contributed by atoms with Crippen LogP contribution >= 0.6 is 0 Å². The first-order chi connectivity index (χ1) is 14.6. The maximum absolute atomic E-state index is 3.38. The van der Waals surface area contributed by atoms with Gasteiger partial charge in [0.1, 0.15) is 0 Å². The molecule has 1 fully saturated rings. The van der Waals surface area contributed by atoms with Crippen molar-refractivity contribution in [2.75, 3.05) is 20.6 Å². The predicted octanol–water partition coefficient (Wildman–Crippen LogP) is 7.31. The van der Waals surface area contributed by atoms with Crippen LogP contribution in [0.4, 0.5) is 0 Å². The van der Waals surface area contributed by atoms with Gasteiger partial charge in [-0.3, -0.25) is 0 Å². The topological polar surface area (TPSA) is 15.3 Å². The number of unbranched alkanes of at least 4 members (excludes halogenated alkanes) is 1. The molecule has 0 bridgehead atoms. The predicted molar refractivity (Wildman–Crippen MR) is 133 cm³/mol. The third-order valence-corrected chi connectivity index (χ3v) is 5.99. The van der Waals surface area contributed by atoms with Crippen molar-refractivity contribution in [1.29, 1.82) is 0 Å². The van der Waals surface area contributed by atoms with Crippen LogP contribution in [0.15, 0.2) is 71.1 Å². The molecule has 166 valence electrons. The van der Waals surface area contributed by atoms with Crippen LogP contribution in [0.1, 0.15) is 72.1 Å². The summed E-state index contributed by atoms with van der Waals surface area (Å²) in [7, 11) is 4.42. The molecule has 1 unspecified atom stereocenters. The lowest BCUT2D eigenvalue weighted by molar-refractivity contribution is 0.385. The first-order valence-corrected chi connectivity index (χ1v) is 12.1. The van der Waals surface area contributed by atoms with Gasteiger partial charge in [-0.15, -0.1) is 0 Å². The van der Waals surface area contributed by atoms with Gasteiger partial charge < -0.3 is 10.2 Å². The largest absolute Gasteiger partial charge is 0.387 e. The van der Waals surface area contributed by atoms with E-state index in [1.165, 1.54) is 48.9 Å². The second-order valence-corrected chi connectivity index (χ2v) is 8.94. The van der Waals surface area contributed by atoms with Crippen LogP contribution < -0.4 is 5.32 Å². The molecule has 0 aromatic heterocycles. The van der Waals surface area contributed by atoms with Gasteiger partial charge in [0.15, 0.2) is 0 Å². The molecule has 1 saturated carbocycles. The Morgan fingerprint density at radius 1 is 1.23 bits per heavy atom. The number of hydrogen-bond acceptors (Lipinski definition) is 2. The summed E-state index contributed by atoms with van der Waals surface area (Å²) in [6.45, 7) is 7.66. The van der Waals surface area contributed by atoms with Gasteiger partial charge in [0.25, 0.3) is 0 Å². The molecule has 2 heteroatoms. The van der Waals surface area contributed by atoms with Gasteiger partial charge in [-0.05, 0) is 74.8 Å². The van der Waals surface area contributed by atoms with Gasteiger partial charge >= 0.3 is 0 Å². The Hall–Kier alpha value is -1.96. The zero-order valence-electron chi connectivity index (χ0n) is 20.1. The maximum atomic E-state index is 3.38. The first kappa shape index (κ1) is 24.3. The molecular formula is C28H44N2. The highest BCUT2D eigenvalue weighted by molar-refractivity contribution is 5.35. The zero-order chi connectivity index (χ0) is 21.8. The van der Waals surface area contributed by atoms with Gasteiger partial charge in [0, 0.05) is 32.3 Å². The van der Waals surface area contributed by atoms with E-state index < -0.39 is 0 Å². The SMILES string of the molecule is C\C=C/C(=C\C(=C\CC)C1CC1)C/C=C(/C(CCCC)CC1=CC=CNC1)N(C)C. The number of nitrogens with one attached hydrogen (secondary N) is 1. The summed E-state index contributed by atoms with van der Waals surface area (Å²) in [6, 6.07) is 0.